The Morgan fingerprint density at radius 2 is 2.00 bits per heavy atom. The summed E-state index contributed by atoms with van der Waals surface area (Å²) in [7, 11) is 1.48. The molecule has 0 aliphatic carbocycles. The summed E-state index contributed by atoms with van der Waals surface area (Å²) in [6, 6.07) is 5.74. The zero-order valence-electron chi connectivity index (χ0n) is 25.7. The van der Waals surface area contributed by atoms with Crippen molar-refractivity contribution in [3.05, 3.63) is 41.5 Å². The van der Waals surface area contributed by atoms with Crippen LogP contribution in [0.1, 0.15) is 24.8 Å². The van der Waals surface area contributed by atoms with Crippen molar-refractivity contribution >= 4 is 27.5 Å². The Hall–Kier alpha value is -4.38. The van der Waals surface area contributed by atoms with E-state index in [1.54, 1.807) is 18.2 Å². The second-order valence-corrected chi connectivity index (χ2v) is 12.4. The maximum absolute atomic E-state index is 17.1. The molecule has 10 nitrogen and oxygen atoms in total. The highest BCUT2D eigenvalue weighted by atomic mass is 19.1. The highest BCUT2D eigenvalue weighted by molar-refractivity contribution is 6.04. The number of halogens is 3. The smallest absolute Gasteiger partial charge is 0.319 e. The van der Waals surface area contributed by atoms with Gasteiger partial charge in [-0.2, -0.15) is 9.97 Å². The third kappa shape index (κ3) is 4.97. The lowest BCUT2D eigenvalue weighted by atomic mass is 9.95. The lowest BCUT2D eigenvalue weighted by Crippen LogP contribution is -2.48. The SMILES string of the molecule is C#Cc1c(F)ccc2cc(OCOC)cc(-c3nc4c5c(nc(OC[C@@]67CCCN6C[C@H](F)C7)nc5c3F)N3CCOC[C@H]3CO4)c12. The largest absolute Gasteiger partial charge is 0.475 e. The van der Waals surface area contributed by atoms with Crippen LogP contribution in [0.25, 0.3) is 32.9 Å². The van der Waals surface area contributed by atoms with E-state index < -0.39 is 23.3 Å². The molecule has 2 aromatic heterocycles. The van der Waals surface area contributed by atoms with Gasteiger partial charge >= 0.3 is 6.01 Å². The molecule has 0 radical (unpaired) electrons. The number of aromatic nitrogens is 3. The van der Waals surface area contributed by atoms with Crippen molar-refractivity contribution in [2.24, 2.45) is 0 Å². The lowest BCUT2D eigenvalue weighted by molar-refractivity contribution is 0.0512. The van der Waals surface area contributed by atoms with Crippen LogP contribution in [0, 0.1) is 24.0 Å². The van der Waals surface area contributed by atoms with Crippen LogP contribution in [0.3, 0.4) is 0 Å². The van der Waals surface area contributed by atoms with E-state index in [2.05, 4.69) is 20.8 Å². The number of morpholine rings is 1. The molecule has 244 valence electrons. The number of benzene rings is 2. The Morgan fingerprint density at radius 3 is 2.85 bits per heavy atom. The van der Waals surface area contributed by atoms with E-state index >= 15 is 8.78 Å². The Morgan fingerprint density at radius 1 is 1.11 bits per heavy atom. The normalized spacial score (nSPS) is 23.7. The van der Waals surface area contributed by atoms with Crippen molar-refractivity contribution < 1.29 is 36.9 Å². The van der Waals surface area contributed by atoms with Crippen LogP contribution in [0.15, 0.2) is 24.3 Å². The molecule has 4 aliphatic heterocycles. The Bertz CT molecular complexity index is 1940. The summed E-state index contributed by atoms with van der Waals surface area (Å²) >= 11 is 0. The second kappa shape index (κ2) is 11.7. The predicted molar refractivity (Wildman–Crippen MR) is 167 cm³/mol. The van der Waals surface area contributed by atoms with E-state index in [1.807, 2.05) is 4.90 Å². The maximum Gasteiger partial charge on any atom is 0.319 e. The first-order valence-electron chi connectivity index (χ1n) is 15.6. The summed E-state index contributed by atoms with van der Waals surface area (Å²) in [5, 5.41) is 1.08. The monoisotopic (exact) mass is 647 g/mol. The van der Waals surface area contributed by atoms with Gasteiger partial charge in [-0.15, -0.1) is 6.42 Å². The number of terminal acetylenes is 1. The molecule has 13 heteroatoms. The van der Waals surface area contributed by atoms with Crippen molar-refractivity contribution in [2.45, 2.75) is 37.0 Å². The highest BCUT2D eigenvalue weighted by Gasteiger charge is 2.49. The molecule has 6 heterocycles. The van der Waals surface area contributed by atoms with E-state index in [-0.39, 0.29) is 71.0 Å². The molecule has 0 N–H and O–H groups in total. The fourth-order valence-corrected chi connectivity index (χ4v) is 7.50. The zero-order chi connectivity index (χ0) is 32.3. The number of fused-ring (bicyclic) bond motifs is 4. The first-order valence-corrected chi connectivity index (χ1v) is 15.6. The molecule has 3 atom stereocenters. The number of alkyl halides is 1. The molecule has 0 unspecified atom stereocenters. The number of methoxy groups -OCH3 is 1. The molecule has 0 amide bonds. The molecule has 8 rings (SSSR count). The van der Waals surface area contributed by atoms with Crippen LogP contribution in [-0.2, 0) is 9.47 Å². The predicted octanol–water partition coefficient (Wildman–Crippen LogP) is 4.64. The van der Waals surface area contributed by atoms with Gasteiger partial charge in [0.15, 0.2) is 12.6 Å². The van der Waals surface area contributed by atoms with Gasteiger partial charge in [-0.1, -0.05) is 12.0 Å². The van der Waals surface area contributed by atoms with Crippen LogP contribution in [-0.4, -0.2) is 97.6 Å². The van der Waals surface area contributed by atoms with Crippen molar-refractivity contribution in [3.63, 3.8) is 0 Å². The first kappa shape index (κ1) is 30.0. The van der Waals surface area contributed by atoms with Gasteiger partial charge in [0, 0.05) is 37.6 Å². The number of ether oxygens (including phenoxy) is 5. The molecule has 3 fully saturated rings. The van der Waals surface area contributed by atoms with Crippen LogP contribution in [0.4, 0.5) is 19.0 Å². The minimum Gasteiger partial charge on any atom is -0.475 e. The fraction of sp³-hybridized carbons (Fsp3) is 0.441. The van der Waals surface area contributed by atoms with Gasteiger partial charge < -0.3 is 28.6 Å². The van der Waals surface area contributed by atoms with E-state index in [4.69, 9.17) is 35.1 Å². The van der Waals surface area contributed by atoms with Gasteiger partial charge in [-0.05, 0) is 43.0 Å². The molecular weight excluding hydrogens is 615 g/mol. The first-order chi connectivity index (χ1) is 22.9. The van der Waals surface area contributed by atoms with Crippen LogP contribution < -0.4 is 19.1 Å². The molecule has 47 heavy (non-hydrogen) atoms. The number of hydrogen-bond acceptors (Lipinski definition) is 10. The molecule has 0 saturated carbocycles. The van der Waals surface area contributed by atoms with Gasteiger partial charge in [0.05, 0.1) is 30.4 Å². The van der Waals surface area contributed by atoms with Crippen molar-refractivity contribution in [1.82, 2.24) is 19.9 Å². The standard InChI is InChI=1S/C34H32F3N5O5/c1-3-23-25(36)6-5-19-11-22(47-18-43-2)12-24(26(19)23)29-28(37)30-27-31(42-9-10-44-15-21(42)16-45-32(27)38-29)40-33(39-30)46-17-34-7-4-8-41(34)14-20(35)13-34/h1,5-6,11-12,20-21H,4,7-10,13-18H2,2H3/t20-,21+,34+/m1/s1. The zero-order valence-corrected chi connectivity index (χ0v) is 25.7. The average Bonchev–Trinajstić information content (AvgIpc) is 3.56. The van der Waals surface area contributed by atoms with E-state index in [0.29, 0.717) is 49.7 Å². The van der Waals surface area contributed by atoms with Crippen molar-refractivity contribution in [1.29, 1.82) is 0 Å². The summed E-state index contributed by atoms with van der Waals surface area (Å²) in [6.45, 7) is 2.75. The number of rotatable bonds is 7. The Kier molecular flexibility index (Phi) is 7.46. The minimum absolute atomic E-state index is 0.0393. The van der Waals surface area contributed by atoms with E-state index in [9.17, 15) is 4.39 Å². The molecule has 4 aliphatic rings. The topological polar surface area (TPSA) is 91.3 Å². The summed E-state index contributed by atoms with van der Waals surface area (Å²) in [5.74, 6) is 1.84. The number of nitrogens with zero attached hydrogens (tertiary/aromatic N) is 5. The molecule has 3 saturated heterocycles. The summed E-state index contributed by atoms with van der Waals surface area (Å²) in [6.07, 6.45) is 6.94. The number of pyridine rings is 1. The van der Waals surface area contributed by atoms with Crippen molar-refractivity contribution in [3.8, 4) is 41.2 Å². The highest BCUT2D eigenvalue weighted by Crippen LogP contribution is 2.44. The quantitative estimate of drug-likeness (QED) is 0.209. The second-order valence-electron chi connectivity index (χ2n) is 12.4. The summed E-state index contributed by atoms with van der Waals surface area (Å²) in [5.41, 5.74) is -0.559. The molecular formula is C34H32F3N5O5. The van der Waals surface area contributed by atoms with Gasteiger partial charge in [-0.3, -0.25) is 4.90 Å². The van der Waals surface area contributed by atoms with Crippen LogP contribution in [0.5, 0.6) is 17.6 Å². The third-order valence-corrected chi connectivity index (χ3v) is 9.64. The van der Waals surface area contributed by atoms with E-state index in [1.165, 1.54) is 13.2 Å². The van der Waals surface area contributed by atoms with Gasteiger partial charge in [0.2, 0.25) is 5.88 Å². The van der Waals surface area contributed by atoms with Crippen LogP contribution in [0.2, 0.25) is 0 Å². The van der Waals surface area contributed by atoms with Crippen molar-refractivity contribution in [2.75, 3.05) is 64.9 Å². The fourth-order valence-electron chi connectivity index (χ4n) is 7.50. The van der Waals surface area contributed by atoms with Crippen LogP contribution >= 0.6 is 0 Å². The Balaban J connectivity index is 1.33. The third-order valence-electron chi connectivity index (χ3n) is 9.64. The molecule has 4 aromatic rings. The average molecular weight is 648 g/mol. The van der Waals surface area contributed by atoms with Gasteiger partial charge in [0.1, 0.15) is 53.4 Å². The van der Waals surface area contributed by atoms with Gasteiger partial charge in [-0.25, -0.2) is 18.2 Å². The Labute approximate surface area is 268 Å². The minimum atomic E-state index is -0.933. The molecule has 2 aromatic carbocycles. The van der Waals surface area contributed by atoms with Gasteiger partial charge in [0.25, 0.3) is 0 Å². The number of hydrogen-bond donors (Lipinski definition) is 0. The maximum atomic E-state index is 17.1. The summed E-state index contributed by atoms with van der Waals surface area (Å²) in [4.78, 5) is 18.2. The lowest BCUT2D eigenvalue weighted by Gasteiger charge is -2.35. The molecule has 0 spiro atoms. The number of anilines is 1. The van der Waals surface area contributed by atoms with E-state index in [0.717, 1.165) is 19.4 Å². The summed E-state index contributed by atoms with van der Waals surface area (Å²) < 4.78 is 75.6. The molecule has 0 bridgehead atoms.